The van der Waals surface area contributed by atoms with Crippen molar-refractivity contribution in [1.29, 1.82) is 0 Å². The van der Waals surface area contributed by atoms with E-state index in [1.54, 1.807) is 12.1 Å². The maximum absolute atomic E-state index is 9.79. The summed E-state index contributed by atoms with van der Waals surface area (Å²) in [6.45, 7) is 7.75. The van der Waals surface area contributed by atoms with Crippen LogP contribution in [0.2, 0.25) is 0 Å². The standard InChI is InChI=1S/C12H17BO4/c1-11(2)12(3,4)17-13(16-11)8-6-5-7-9(14)10(8)15/h5-7,14-15H,1-4H3. The highest BCUT2D eigenvalue weighted by Crippen LogP contribution is 2.37. The molecule has 0 amide bonds. The summed E-state index contributed by atoms with van der Waals surface area (Å²) in [6, 6.07) is 4.75. The number of phenols is 2. The van der Waals surface area contributed by atoms with E-state index < -0.39 is 18.3 Å². The minimum atomic E-state index is -0.660. The Kier molecular flexibility index (Phi) is 2.63. The van der Waals surface area contributed by atoms with Crippen molar-refractivity contribution in [3.05, 3.63) is 18.2 Å². The predicted octanol–water partition coefficient (Wildman–Crippen LogP) is 1.40. The van der Waals surface area contributed by atoms with Crippen LogP contribution >= 0.6 is 0 Å². The van der Waals surface area contributed by atoms with E-state index in [9.17, 15) is 10.2 Å². The van der Waals surface area contributed by atoms with Crippen molar-refractivity contribution in [3.8, 4) is 11.5 Å². The Morgan fingerprint density at radius 2 is 1.53 bits per heavy atom. The Balaban J connectivity index is 2.36. The molecule has 0 spiro atoms. The second kappa shape index (κ2) is 3.65. The van der Waals surface area contributed by atoms with Crippen molar-refractivity contribution in [3.63, 3.8) is 0 Å². The van der Waals surface area contributed by atoms with Crippen LogP contribution in [0.1, 0.15) is 27.7 Å². The molecule has 1 saturated heterocycles. The highest BCUT2D eigenvalue weighted by Gasteiger charge is 2.52. The van der Waals surface area contributed by atoms with Crippen LogP contribution in [0.3, 0.4) is 0 Å². The maximum Gasteiger partial charge on any atom is 0.498 e. The molecular weight excluding hydrogens is 219 g/mol. The third-order valence-corrected chi connectivity index (χ3v) is 3.55. The fourth-order valence-corrected chi connectivity index (χ4v) is 1.71. The van der Waals surface area contributed by atoms with Gasteiger partial charge in [0.05, 0.1) is 11.2 Å². The lowest BCUT2D eigenvalue weighted by Crippen LogP contribution is -2.41. The summed E-state index contributed by atoms with van der Waals surface area (Å²) in [6.07, 6.45) is 0. The Morgan fingerprint density at radius 3 is 2.06 bits per heavy atom. The Labute approximate surface area is 101 Å². The zero-order valence-electron chi connectivity index (χ0n) is 10.5. The number of para-hydroxylation sites is 1. The third kappa shape index (κ3) is 1.89. The van der Waals surface area contributed by atoms with E-state index in [2.05, 4.69) is 0 Å². The molecule has 1 fully saturated rings. The number of hydrogen-bond donors (Lipinski definition) is 2. The molecule has 2 rings (SSSR count). The van der Waals surface area contributed by atoms with Gasteiger partial charge >= 0.3 is 7.12 Å². The van der Waals surface area contributed by atoms with Gasteiger partial charge in [-0.3, -0.25) is 0 Å². The summed E-state index contributed by atoms with van der Waals surface area (Å²) in [5, 5.41) is 19.2. The van der Waals surface area contributed by atoms with E-state index in [1.165, 1.54) is 6.07 Å². The topological polar surface area (TPSA) is 58.9 Å². The molecule has 0 unspecified atom stereocenters. The highest BCUT2D eigenvalue weighted by molar-refractivity contribution is 6.63. The quantitative estimate of drug-likeness (QED) is 0.571. The van der Waals surface area contributed by atoms with Gasteiger partial charge in [0.2, 0.25) is 0 Å². The van der Waals surface area contributed by atoms with E-state index in [0.717, 1.165) is 0 Å². The predicted molar refractivity (Wildman–Crippen MR) is 65.5 cm³/mol. The monoisotopic (exact) mass is 236 g/mol. The van der Waals surface area contributed by atoms with Gasteiger partial charge in [0.25, 0.3) is 0 Å². The number of rotatable bonds is 1. The summed E-state index contributed by atoms with van der Waals surface area (Å²) in [5.41, 5.74) is -0.478. The first kappa shape index (κ1) is 12.3. The van der Waals surface area contributed by atoms with Gasteiger partial charge in [-0.2, -0.15) is 0 Å². The van der Waals surface area contributed by atoms with Gasteiger partial charge in [0.1, 0.15) is 0 Å². The first-order chi connectivity index (χ1) is 7.74. The van der Waals surface area contributed by atoms with E-state index in [0.29, 0.717) is 5.46 Å². The lowest BCUT2D eigenvalue weighted by Gasteiger charge is -2.32. The minimum Gasteiger partial charge on any atom is -0.505 e. The Morgan fingerprint density at radius 1 is 1.00 bits per heavy atom. The van der Waals surface area contributed by atoms with Crippen LogP contribution in [0.4, 0.5) is 0 Å². The van der Waals surface area contributed by atoms with E-state index in [1.807, 2.05) is 27.7 Å². The molecule has 1 aromatic rings. The molecule has 2 N–H and O–H groups in total. The molecule has 5 heteroatoms. The fraction of sp³-hybridized carbons (Fsp3) is 0.500. The van der Waals surface area contributed by atoms with Crippen LogP contribution in [-0.2, 0) is 9.31 Å². The van der Waals surface area contributed by atoms with Crippen LogP contribution in [0.25, 0.3) is 0 Å². The molecule has 17 heavy (non-hydrogen) atoms. The minimum absolute atomic E-state index is 0.169. The van der Waals surface area contributed by atoms with Crippen molar-refractivity contribution in [2.45, 2.75) is 38.9 Å². The summed E-state index contributed by atoms with van der Waals surface area (Å²) < 4.78 is 11.6. The largest absolute Gasteiger partial charge is 0.505 e. The first-order valence-electron chi connectivity index (χ1n) is 5.61. The lowest BCUT2D eigenvalue weighted by atomic mass is 9.78. The molecule has 1 aromatic carbocycles. The van der Waals surface area contributed by atoms with E-state index in [-0.39, 0.29) is 11.5 Å². The van der Waals surface area contributed by atoms with Gasteiger partial charge in [0, 0.05) is 5.46 Å². The van der Waals surface area contributed by atoms with E-state index >= 15 is 0 Å². The molecule has 0 aliphatic carbocycles. The summed E-state index contributed by atoms with van der Waals surface area (Å²) in [4.78, 5) is 0. The number of hydrogen-bond acceptors (Lipinski definition) is 4. The summed E-state index contributed by atoms with van der Waals surface area (Å²) in [7, 11) is -0.660. The van der Waals surface area contributed by atoms with Crippen LogP contribution < -0.4 is 5.46 Å². The Hall–Kier alpha value is -1.20. The van der Waals surface area contributed by atoms with Crippen molar-refractivity contribution in [2.75, 3.05) is 0 Å². The molecule has 1 aliphatic rings. The molecule has 1 heterocycles. The van der Waals surface area contributed by atoms with Crippen LogP contribution in [0, 0.1) is 0 Å². The molecule has 0 aromatic heterocycles. The Bertz CT molecular complexity index is 426. The molecular formula is C12H17BO4. The van der Waals surface area contributed by atoms with E-state index in [4.69, 9.17) is 9.31 Å². The number of benzene rings is 1. The van der Waals surface area contributed by atoms with Gasteiger partial charge < -0.3 is 19.5 Å². The van der Waals surface area contributed by atoms with Gasteiger partial charge in [-0.05, 0) is 33.8 Å². The second-order valence-electron chi connectivity index (χ2n) is 5.30. The molecule has 0 atom stereocenters. The second-order valence-corrected chi connectivity index (χ2v) is 5.30. The van der Waals surface area contributed by atoms with Crippen molar-refractivity contribution in [2.24, 2.45) is 0 Å². The van der Waals surface area contributed by atoms with Crippen LogP contribution in [0.5, 0.6) is 11.5 Å². The third-order valence-electron chi connectivity index (χ3n) is 3.55. The van der Waals surface area contributed by atoms with Gasteiger partial charge in [0.15, 0.2) is 11.5 Å². The van der Waals surface area contributed by atoms with Crippen molar-refractivity contribution < 1.29 is 19.5 Å². The molecule has 0 saturated carbocycles. The zero-order valence-corrected chi connectivity index (χ0v) is 10.5. The van der Waals surface area contributed by atoms with Gasteiger partial charge in [-0.1, -0.05) is 12.1 Å². The molecule has 1 aliphatic heterocycles. The number of aromatic hydroxyl groups is 2. The van der Waals surface area contributed by atoms with Gasteiger partial charge in [-0.25, -0.2) is 0 Å². The average Bonchev–Trinajstić information content (AvgIpc) is 2.40. The SMILES string of the molecule is CC1(C)OB(c2cccc(O)c2O)OC1(C)C. The van der Waals surface area contributed by atoms with Crippen LogP contribution in [-0.4, -0.2) is 28.5 Å². The molecule has 4 nitrogen and oxygen atoms in total. The fourth-order valence-electron chi connectivity index (χ4n) is 1.71. The molecule has 0 bridgehead atoms. The molecule has 92 valence electrons. The normalized spacial score (nSPS) is 21.8. The summed E-state index contributed by atoms with van der Waals surface area (Å²) >= 11 is 0. The number of phenolic OH excluding ortho intramolecular Hbond substituents is 2. The zero-order chi connectivity index (χ0) is 12.8. The lowest BCUT2D eigenvalue weighted by molar-refractivity contribution is 0.00578. The van der Waals surface area contributed by atoms with Crippen molar-refractivity contribution in [1.82, 2.24) is 0 Å². The van der Waals surface area contributed by atoms with Crippen LogP contribution in [0.15, 0.2) is 18.2 Å². The first-order valence-corrected chi connectivity index (χ1v) is 5.61. The van der Waals surface area contributed by atoms with Crippen molar-refractivity contribution >= 4 is 12.6 Å². The van der Waals surface area contributed by atoms with Gasteiger partial charge in [-0.15, -0.1) is 0 Å². The summed E-state index contributed by atoms with van der Waals surface area (Å²) in [5.74, 6) is -0.358. The average molecular weight is 236 g/mol. The maximum atomic E-state index is 9.79. The molecule has 0 radical (unpaired) electrons. The smallest absolute Gasteiger partial charge is 0.498 e. The highest BCUT2D eigenvalue weighted by atomic mass is 16.7.